The summed E-state index contributed by atoms with van der Waals surface area (Å²) in [6.45, 7) is 6.01. The lowest BCUT2D eigenvalue weighted by molar-refractivity contribution is -0.148. The number of aliphatic carboxylic acids is 1. The third-order valence-electron chi connectivity index (χ3n) is 4.19. The van der Waals surface area contributed by atoms with Crippen LogP contribution in [0.5, 0.6) is 0 Å². The fraction of sp³-hybridized carbons (Fsp3) is 0.857. The van der Waals surface area contributed by atoms with Crippen LogP contribution in [0, 0.1) is 5.41 Å². The predicted molar refractivity (Wildman–Crippen MR) is 75.5 cm³/mol. The zero-order valence-electron chi connectivity index (χ0n) is 12.6. The van der Waals surface area contributed by atoms with Gasteiger partial charge in [-0.25, -0.2) is 4.79 Å². The summed E-state index contributed by atoms with van der Waals surface area (Å²) in [7, 11) is 0. The van der Waals surface area contributed by atoms with Crippen LogP contribution in [-0.4, -0.2) is 52.3 Å². The van der Waals surface area contributed by atoms with Gasteiger partial charge in [0.25, 0.3) is 0 Å². The van der Waals surface area contributed by atoms with Gasteiger partial charge < -0.3 is 20.4 Å². The van der Waals surface area contributed by atoms with E-state index in [0.29, 0.717) is 25.8 Å². The number of carbonyl (C=O) groups is 2. The van der Waals surface area contributed by atoms with Crippen LogP contribution in [0.3, 0.4) is 0 Å². The van der Waals surface area contributed by atoms with Gasteiger partial charge in [-0.1, -0.05) is 6.42 Å². The lowest BCUT2D eigenvalue weighted by Gasteiger charge is -2.32. The molecule has 0 bridgehead atoms. The number of aliphatic hydroxyl groups excluding tert-OH is 1. The van der Waals surface area contributed by atoms with E-state index in [-0.39, 0.29) is 24.7 Å². The lowest BCUT2D eigenvalue weighted by Crippen LogP contribution is -2.53. The van der Waals surface area contributed by atoms with E-state index in [2.05, 4.69) is 5.32 Å². The van der Waals surface area contributed by atoms with Crippen LogP contribution in [0.4, 0.5) is 4.79 Å². The molecule has 1 aliphatic rings. The minimum absolute atomic E-state index is 0.0130. The zero-order chi connectivity index (χ0) is 15.3. The standard InChI is InChI=1S/C14H26N2O4/c1-10(2)16(8-5-9-17)13(20)15-11-6-4-7-14(11,3)12(18)19/h10-11,17H,4-9H2,1-3H3,(H,15,20)(H,18,19). The number of aliphatic hydroxyl groups is 1. The van der Waals surface area contributed by atoms with E-state index in [4.69, 9.17) is 5.11 Å². The van der Waals surface area contributed by atoms with E-state index >= 15 is 0 Å². The monoisotopic (exact) mass is 286 g/mol. The van der Waals surface area contributed by atoms with E-state index in [1.807, 2.05) is 13.8 Å². The van der Waals surface area contributed by atoms with Gasteiger partial charge >= 0.3 is 12.0 Å². The Morgan fingerprint density at radius 3 is 2.60 bits per heavy atom. The summed E-state index contributed by atoms with van der Waals surface area (Å²) in [5.41, 5.74) is -0.880. The van der Waals surface area contributed by atoms with Crippen molar-refractivity contribution in [2.75, 3.05) is 13.2 Å². The Bertz CT molecular complexity index is 359. The predicted octanol–water partition coefficient (Wildman–Crippen LogP) is 1.43. The van der Waals surface area contributed by atoms with Crippen molar-refractivity contribution in [2.24, 2.45) is 5.41 Å². The summed E-state index contributed by atoms with van der Waals surface area (Å²) < 4.78 is 0. The number of hydrogen-bond acceptors (Lipinski definition) is 3. The first-order valence-corrected chi connectivity index (χ1v) is 7.24. The second-order valence-corrected chi connectivity index (χ2v) is 5.98. The van der Waals surface area contributed by atoms with Crippen LogP contribution >= 0.6 is 0 Å². The third-order valence-corrected chi connectivity index (χ3v) is 4.19. The Labute approximate surface area is 120 Å². The van der Waals surface area contributed by atoms with Crippen molar-refractivity contribution >= 4 is 12.0 Å². The van der Waals surface area contributed by atoms with Crippen molar-refractivity contribution in [1.29, 1.82) is 0 Å². The minimum atomic E-state index is -0.880. The topological polar surface area (TPSA) is 89.9 Å². The molecule has 3 N–H and O–H groups in total. The van der Waals surface area contributed by atoms with Gasteiger partial charge in [0.15, 0.2) is 0 Å². The SMILES string of the molecule is CC(C)N(CCCO)C(=O)NC1CCCC1(C)C(=O)O. The van der Waals surface area contributed by atoms with Crippen LogP contribution in [-0.2, 0) is 4.79 Å². The molecule has 6 nitrogen and oxygen atoms in total. The summed E-state index contributed by atoms with van der Waals surface area (Å²) in [6, 6.07) is -0.560. The highest BCUT2D eigenvalue weighted by Crippen LogP contribution is 2.38. The molecule has 20 heavy (non-hydrogen) atoms. The Kier molecular flexibility index (Phi) is 5.80. The van der Waals surface area contributed by atoms with E-state index in [9.17, 15) is 14.7 Å². The minimum Gasteiger partial charge on any atom is -0.481 e. The van der Waals surface area contributed by atoms with Crippen LogP contribution < -0.4 is 5.32 Å². The van der Waals surface area contributed by atoms with Crippen molar-refractivity contribution in [2.45, 2.75) is 58.5 Å². The lowest BCUT2D eigenvalue weighted by atomic mass is 9.85. The van der Waals surface area contributed by atoms with Gasteiger partial charge in [0.2, 0.25) is 0 Å². The second-order valence-electron chi connectivity index (χ2n) is 5.98. The number of nitrogens with zero attached hydrogens (tertiary/aromatic N) is 1. The van der Waals surface area contributed by atoms with E-state index in [1.54, 1.807) is 11.8 Å². The first kappa shape index (κ1) is 16.8. The molecule has 1 saturated carbocycles. The number of nitrogens with one attached hydrogen (secondary N) is 1. The highest BCUT2D eigenvalue weighted by molar-refractivity contribution is 5.79. The molecule has 6 heteroatoms. The molecule has 0 saturated heterocycles. The highest BCUT2D eigenvalue weighted by atomic mass is 16.4. The number of carboxylic acid groups (broad SMARTS) is 1. The van der Waals surface area contributed by atoms with Crippen molar-refractivity contribution in [3.63, 3.8) is 0 Å². The van der Waals surface area contributed by atoms with Gasteiger partial charge in [-0.2, -0.15) is 0 Å². The molecule has 0 heterocycles. The molecule has 2 amide bonds. The van der Waals surface area contributed by atoms with Crippen molar-refractivity contribution < 1.29 is 19.8 Å². The molecule has 2 atom stereocenters. The first-order chi connectivity index (χ1) is 9.32. The van der Waals surface area contributed by atoms with Gasteiger partial charge in [0.05, 0.1) is 5.41 Å². The number of carboxylic acids is 1. The van der Waals surface area contributed by atoms with Gasteiger partial charge in [-0.15, -0.1) is 0 Å². The first-order valence-electron chi connectivity index (χ1n) is 7.24. The molecule has 1 rings (SSSR count). The van der Waals surface area contributed by atoms with Crippen LogP contribution in [0.2, 0.25) is 0 Å². The number of urea groups is 1. The molecule has 0 aromatic heterocycles. The Hall–Kier alpha value is -1.30. The molecule has 1 fully saturated rings. The molecule has 116 valence electrons. The molecule has 0 aromatic rings. The fourth-order valence-corrected chi connectivity index (χ4v) is 2.72. The van der Waals surface area contributed by atoms with Gasteiger partial charge in [0.1, 0.15) is 0 Å². The van der Waals surface area contributed by atoms with Crippen molar-refractivity contribution in [1.82, 2.24) is 10.2 Å². The summed E-state index contributed by atoms with van der Waals surface area (Å²) >= 11 is 0. The van der Waals surface area contributed by atoms with Crippen molar-refractivity contribution in [3.05, 3.63) is 0 Å². The average Bonchev–Trinajstić information content (AvgIpc) is 2.72. The number of hydrogen-bond donors (Lipinski definition) is 3. The largest absolute Gasteiger partial charge is 0.481 e. The summed E-state index contributed by atoms with van der Waals surface area (Å²) in [5.74, 6) is -0.855. The number of rotatable bonds is 6. The van der Waals surface area contributed by atoms with Gasteiger partial charge in [-0.3, -0.25) is 4.79 Å². The molecule has 0 radical (unpaired) electrons. The second kappa shape index (κ2) is 6.92. The average molecular weight is 286 g/mol. The van der Waals surface area contributed by atoms with Gasteiger partial charge in [-0.05, 0) is 40.0 Å². The number of carbonyl (C=O) groups excluding carboxylic acids is 1. The maximum atomic E-state index is 12.3. The number of amides is 2. The fourth-order valence-electron chi connectivity index (χ4n) is 2.72. The summed E-state index contributed by atoms with van der Waals surface area (Å²) in [6.07, 6.45) is 2.62. The van der Waals surface area contributed by atoms with Crippen LogP contribution in [0.25, 0.3) is 0 Å². The molecule has 1 aliphatic carbocycles. The smallest absolute Gasteiger partial charge is 0.317 e. The van der Waals surface area contributed by atoms with Crippen molar-refractivity contribution in [3.8, 4) is 0 Å². The Morgan fingerprint density at radius 2 is 2.10 bits per heavy atom. The Morgan fingerprint density at radius 1 is 1.45 bits per heavy atom. The maximum Gasteiger partial charge on any atom is 0.317 e. The summed E-state index contributed by atoms with van der Waals surface area (Å²) in [4.78, 5) is 25.3. The zero-order valence-corrected chi connectivity index (χ0v) is 12.6. The molecule has 2 unspecified atom stereocenters. The van der Waals surface area contributed by atoms with Crippen LogP contribution in [0.15, 0.2) is 0 Å². The highest BCUT2D eigenvalue weighted by Gasteiger charge is 2.46. The maximum absolute atomic E-state index is 12.3. The Balaban J connectivity index is 2.70. The molecule has 0 aliphatic heterocycles. The third kappa shape index (κ3) is 3.62. The molecular formula is C14H26N2O4. The quantitative estimate of drug-likeness (QED) is 0.689. The van der Waals surface area contributed by atoms with Crippen LogP contribution in [0.1, 0.15) is 46.5 Å². The molecule has 0 aromatic carbocycles. The van der Waals surface area contributed by atoms with Gasteiger partial charge in [0, 0.05) is 25.2 Å². The molecule has 0 spiro atoms. The van der Waals surface area contributed by atoms with E-state index < -0.39 is 11.4 Å². The van der Waals surface area contributed by atoms with E-state index in [1.165, 1.54) is 0 Å². The summed E-state index contributed by atoms with van der Waals surface area (Å²) in [5, 5.41) is 21.1. The van der Waals surface area contributed by atoms with E-state index in [0.717, 1.165) is 6.42 Å². The molecular weight excluding hydrogens is 260 g/mol. The normalized spacial score (nSPS) is 25.8.